The lowest BCUT2D eigenvalue weighted by Crippen LogP contribution is -2.05. The van der Waals surface area contributed by atoms with Gasteiger partial charge in [0.25, 0.3) is 0 Å². The minimum absolute atomic E-state index is 0.0356. The number of benzene rings is 2. The summed E-state index contributed by atoms with van der Waals surface area (Å²) in [6.45, 7) is 0.0344. The Hall–Kier alpha value is -3.03. The molecule has 0 spiro atoms. The Morgan fingerprint density at radius 1 is 0.963 bits per heavy atom. The Balaban J connectivity index is 2.24. The number of allylic oxidation sites excluding steroid dienone is 1. The number of aromatic hydroxyl groups is 1. The van der Waals surface area contributed by atoms with E-state index >= 15 is 0 Å². The molecule has 0 unspecified atom stereocenters. The van der Waals surface area contributed by atoms with Crippen molar-refractivity contribution in [3.8, 4) is 23.0 Å². The summed E-state index contributed by atoms with van der Waals surface area (Å²) in [5, 5.41) is 10.0. The Morgan fingerprint density at radius 3 is 2.33 bits per heavy atom. The molecule has 0 saturated carbocycles. The van der Waals surface area contributed by atoms with Crippen molar-refractivity contribution in [3.05, 3.63) is 53.6 Å². The van der Waals surface area contributed by atoms with Gasteiger partial charge in [-0.1, -0.05) is 18.2 Å². The number of phenolic OH excluding ortho intramolecular Hbond substituents is 1. The van der Waals surface area contributed by atoms with Crippen molar-refractivity contribution in [3.63, 3.8) is 0 Å². The predicted octanol–water partition coefficient (Wildman–Crippen LogP) is 3.26. The third kappa shape index (κ3) is 5.47. The fraction of sp³-hybridized carbons (Fsp3) is 0.250. The van der Waals surface area contributed by atoms with Gasteiger partial charge in [-0.05, 0) is 35.9 Å². The van der Waals surface area contributed by atoms with Crippen LogP contribution in [0.2, 0.25) is 0 Å². The second kappa shape index (κ2) is 10.2. The van der Waals surface area contributed by atoms with E-state index < -0.39 is 5.78 Å². The molecule has 0 saturated heterocycles. The first-order chi connectivity index (χ1) is 13.1. The second-order valence-corrected chi connectivity index (χ2v) is 5.36. The van der Waals surface area contributed by atoms with Crippen LogP contribution < -0.4 is 14.2 Å². The molecule has 2 rings (SSSR count). The van der Waals surface area contributed by atoms with Crippen LogP contribution in [-0.4, -0.2) is 45.8 Å². The molecule has 2 aromatic rings. The number of ketones is 1. The summed E-state index contributed by atoms with van der Waals surface area (Å²) in [4.78, 5) is 12.6. The van der Waals surface area contributed by atoms with E-state index in [1.807, 2.05) is 0 Å². The zero-order chi connectivity index (χ0) is 19.6. The number of hydrogen-bond acceptors (Lipinski definition) is 7. The lowest BCUT2D eigenvalue weighted by atomic mass is 10.1. The van der Waals surface area contributed by atoms with E-state index in [0.29, 0.717) is 17.1 Å². The van der Waals surface area contributed by atoms with Gasteiger partial charge >= 0.3 is 0 Å². The first-order valence-corrected chi connectivity index (χ1v) is 8.06. The quantitative estimate of drug-likeness (QED) is 0.388. The fourth-order valence-corrected chi connectivity index (χ4v) is 2.30. The van der Waals surface area contributed by atoms with E-state index in [1.165, 1.54) is 33.5 Å². The highest BCUT2D eigenvalue weighted by Crippen LogP contribution is 2.30. The van der Waals surface area contributed by atoms with Crippen LogP contribution in [0, 0.1) is 0 Å². The molecule has 0 heterocycles. The molecule has 0 aliphatic carbocycles. The third-order valence-electron chi connectivity index (χ3n) is 3.53. The Labute approximate surface area is 157 Å². The second-order valence-electron chi connectivity index (χ2n) is 5.36. The summed E-state index contributed by atoms with van der Waals surface area (Å²) in [6.07, 6.45) is 2.95. The summed E-state index contributed by atoms with van der Waals surface area (Å²) < 4.78 is 25.8. The third-order valence-corrected chi connectivity index (χ3v) is 3.53. The molecule has 144 valence electrons. The summed E-state index contributed by atoms with van der Waals surface area (Å²) in [5.41, 5.74) is 0.778. The number of carbonyl (C=O) groups is 1. The zero-order valence-electron chi connectivity index (χ0n) is 15.4. The molecule has 0 fully saturated rings. The number of rotatable bonds is 10. The van der Waals surface area contributed by atoms with Gasteiger partial charge in [0.2, 0.25) is 0 Å². The largest absolute Gasteiger partial charge is 0.507 e. The van der Waals surface area contributed by atoms with Crippen LogP contribution in [0.3, 0.4) is 0 Å². The topological polar surface area (TPSA) is 83.5 Å². The smallest absolute Gasteiger partial charge is 0.193 e. The summed E-state index contributed by atoms with van der Waals surface area (Å²) in [5.74, 6) is 0.698. The van der Waals surface area contributed by atoms with Gasteiger partial charge in [-0.3, -0.25) is 4.79 Å². The molecule has 0 aliphatic heterocycles. The first-order valence-electron chi connectivity index (χ1n) is 8.06. The standard InChI is InChI=1S/C20H22O7/c1-23-12-26-18-6-4-5-15(21)20(18)16(22)9-7-14-8-10-17(25-3)19(11-14)27-13-24-2/h4-11,21H,12-13H2,1-3H3. The Morgan fingerprint density at radius 2 is 1.67 bits per heavy atom. The Bertz CT molecular complexity index is 799. The molecule has 0 atom stereocenters. The van der Waals surface area contributed by atoms with Crippen LogP contribution in [0.1, 0.15) is 15.9 Å². The van der Waals surface area contributed by atoms with Crippen molar-refractivity contribution in [2.75, 3.05) is 34.9 Å². The first kappa shape index (κ1) is 20.3. The van der Waals surface area contributed by atoms with Crippen molar-refractivity contribution in [2.24, 2.45) is 0 Å². The zero-order valence-corrected chi connectivity index (χ0v) is 15.4. The minimum atomic E-state index is -0.408. The van der Waals surface area contributed by atoms with E-state index in [0.717, 1.165) is 0 Å². The molecule has 0 radical (unpaired) electrons. The molecular weight excluding hydrogens is 352 g/mol. The predicted molar refractivity (Wildman–Crippen MR) is 99.5 cm³/mol. The van der Waals surface area contributed by atoms with E-state index in [1.54, 1.807) is 36.4 Å². The van der Waals surface area contributed by atoms with Crippen molar-refractivity contribution in [2.45, 2.75) is 0 Å². The highest BCUT2D eigenvalue weighted by molar-refractivity contribution is 6.10. The van der Waals surface area contributed by atoms with Crippen LogP contribution in [0.4, 0.5) is 0 Å². The van der Waals surface area contributed by atoms with Crippen molar-refractivity contribution >= 4 is 11.9 Å². The van der Waals surface area contributed by atoms with Gasteiger partial charge in [0.1, 0.15) is 17.1 Å². The van der Waals surface area contributed by atoms with Crippen LogP contribution >= 0.6 is 0 Å². The average molecular weight is 374 g/mol. The van der Waals surface area contributed by atoms with Crippen LogP contribution in [0.15, 0.2) is 42.5 Å². The van der Waals surface area contributed by atoms with Gasteiger partial charge in [-0.2, -0.15) is 0 Å². The maximum Gasteiger partial charge on any atom is 0.193 e. The lowest BCUT2D eigenvalue weighted by molar-refractivity contribution is 0.0491. The van der Waals surface area contributed by atoms with Crippen molar-refractivity contribution < 1.29 is 33.6 Å². The molecule has 0 amide bonds. The summed E-state index contributed by atoms with van der Waals surface area (Å²) in [6, 6.07) is 9.81. The van der Waals surface area contributed by atoms with E-state index in [-0.39, 0.29) is 30.6 Å². The van der Waals surface area contributed by atoms with E-state index in [2.05, 4.69) is 0 Å². The maximum atomic E-state index is 12.6. The number of phenols is 1. The number of carbonyl (C=O) groups excluding carboxylic acids is 1. The number of ether oxygens (including phenoxy) is 5. The van der Waals surface area contributed by atoms with Crippen LogP contribution in [-0.2, 0) is 9.47 Å². The van der Waals surface area contributed by atoms with Crippen molar-refractivity contribution in [1.29, 1.82) is 0 Å². The molecule has 0 aliphatic rings. The van der Waals surface area contributed by atoms with Gasteiger partial charge in [-0.25, -0.2) is 0 Å². The molecule has 2 aromatic carbocycles. The Kier molecular flexibility index (Phi) is 7.66. The SMILES string of the molecule is COCOc1cc(C=CC(=O)c2c(O)cccc2OCOC)ccc1OC. The van der Waals surface area contributed by atoms with Gasteiger partial charge < -0.3 is 28.8 Å². The lowest BCUT2D eigenvalue weighted by Gasteiger charge is -2.11. The van der Waals surface area contributed by atoms with Gasteiger partial charge in [0, 0.05) is 14.2 Å². The van der Waals surface area contributed by atoms with Gasteiger partial charge in [-0.15, -0.1) is 0 Å². The van der Waals surface area contributed by atoms with Crippen molar-refractivity contribution in [1.82, 2.24) is 0 Å². The molecule has 0 aromatic heterocycles. The van der Waals surface area contributed by atoms with E-state index in [9.17, 15) is 9.90 Å². The molecule has 27 heavy (non-hydrogen) atoms. The van der Waals surface area contributed by atoms with E-state index in [4.69, 9.17) is 23.7 Å². The molecule has 7 nitrogen and oxygen atoms in total. The highest BCUT2D eigenvalue weighted by Gasteiger charge is 2.15. The number of methoxy groups -OCH3 is 3. The normalized spacial score (nSPS) is 10.8. The van der Waals surface area contributed by atoms with Gasteiger partial charge in [0.05, 0.1) is 7.11 Å². The molecule has 1 N–H and O–H groups in total. The summed E-state index contributed by atoms with van der Waals surface area (Å²) >= 11 is 0. The molecule has 7 heteroatoms. The monoisotopic (exact) mass is 374 g/mol. The molecule has 0 bridgehead atoms. The number of hydrogen-bond donors (Lipinski definition) is 1. The molecular formula is C20H22O7. The van der Waals surface area contributed by atoms with Crippen LogP contribution in [0.25, 0.3) is 6.08 Å². The summed E-state index contributed by atoms with van der Waals surface area (Å²) in [7, 11) is 4.52. The fourth-order valence-electron chi connectivity index (χ4n) is 2.30. The van der Waals surface area contributed by atoms with Gasteiger partial charge in [0.15, 0.2) is 30.9 Å². The van der Waals surface area contributed by atoms with Crippen LogP contribution in [0.5, 0.6) is 23.0 Å². The minimum Gasteiger partial charge on any atom is -0.507 e. The maximum absolute atomic E-state index is 12.6. The average Bonchev–Trinajstić information content (AvgIpc) is 2.68. The highest BCUT2D eigenvalue weighted by atomic mass is 16.7.